The second-order valence-electron chi connectivity index (χ2n) is 8.27. The first-order valence-corrected chi connectivity index (χ1v) is 12.0. The Morgan fingerprint density at radius 3 is 2.14 bits per heavy atom. The molecule has 0 aliphatic carbocycles. The lowest BCUT2D eigenvalue weighted by Gasteiger charge is -2.06. The molecule has 2 nitrogen and oxygen atoms in total. The van der Waals surface area contributed by atoms with E-state index in [4.69, 9.17) is 0 Å². The molecule has 0 radical (unpaired) electrons. The molecule has 0 bridgehead atoms. The van der Waals surface area contributed by atoms with Crippen LogP contribution in [-0.4, -0.2) is 4.57 Å². The van der Waals surface area contributed by atoms with Crippen LogP contribution in [0.15, 0.2) is 42.7 Å². The van der Waals surface area contributed by atoms with E-state index in [1.165, 1.54) is 95.6 Å². The smallest absolute Gasteiger partial charge is 0.234 e. The number of hydrogen-bond acceptors (Lipinski definition) is 0. The zero-order chi connectivity index (χ0) is 19.9. The second kappa shape index (κ2) is 14.4. The minimum absolute atomic E-state index is 1.14. The number of aromatic nitrogens is 2. The average Bonchev–Trinajstić information content (AvgIpc) is 3.10. The lowest BCUT2D eigenvalue weighted by molar-refractivity contribution is -0.704. The molecule has 0 atom stereocenters. The molecule has 0 aliphatic rings. The summed E-state index contributed by atoms with van der Waals surface area (Å²) in [6.07, 6.45) is 21.9. The van der Waals surface area contributed by atoms with Crippen molar-refractivity contribution in [3.05, 3.63) is 54.1 Å². The molecule has 2 aromatic rings. The maximum atomic E-state index is 2.55. The minimum Gasteiger partial charge on any atom is -0.234 e. The second-order valence-corrected chi connectivity index (χ2v) is 8.27. The molecule has 0 saturated carbocycles. The number of nitrogens with zero attached hydrogens (tertiary/aromatic N) is 2. The van der Waals surface area contributed by atoms with Crippen molar-refractivity contribution in [2.45, 2.75) is 110 Å². The molecule has 28 heavy (non-hydrogen) atoms. The molecular weight excluding hydrogens is 340 g/mol. The maximum Gasteiger partial charge on any atom is 0.256 e. The summed E-state index contributed by atoms with van der Waals surface area (Å²) in [5.41, 5.74) is 1.46. The number of unbranched alkanes of at least 4 members (excludes halogenated alkanes) is 8. The van der Waals surface area contributed by atoms with Gasteiger partial charge >= 0.3 is 0 Å². The zero-order valence-corrected chi connectivity index (χ0v) is 18.5. The van der Waals surface area contributed by atoms with Crippen LogP contribution in [0.1, 0.15) is 95.9 Å². The van der Waals surface area contributed by atoms with Crippen molar-refractivity contribution in [2.75, 3.05) is 0 Å². The van der Waals surface area contributed by atoms with Crippen molar-refractivity contribution in [3.8, 4) is 0 Å². The first-order valence-electron chi connectivity index (χ1n) is 12.0. The van der Waals surface area contributed by atoms with Crippen LogP contribution in [0.4, 0.5) is 0 Å². The van der Waals surface area contributed by atoms with Crippen LogP contribution in [-0.2, 0) is 25.9 Å². The van der Waals surface area contributed by atoms with Gasteiger partial charge in [0, 0.05) is 6.42 Å². The molecule has 2 rings (SSSR count). The first-order chi connectivity index (χ1) is 13.8. The third-order valence-electron chi connectivity index (χ3n) is 5.80. The summed E-state index contributed by atoms with van der Waals surface area (Å²) < 4.78 is 5.08. The van der Waals surface area contributed by atoms with E-state index in [-0.39, 0.29) is 0 Å². The number of aryl methyl sites for hydroxylation is 3. The van der Waals surface area contributed by atoms with Crippen molar-refractivity contribution >= 4 is 0 Å². The molecule has 0 N–H and O–H groups in total. The van der Waals surface area contributed by atoms with Gasteiger partial charge < -0.3 is 0 Å². The van der Waals surface area contributed by atoms with E-state index in [9.17, 15) is 0 Å². The molecule has 0 aliphatic heterocycles. The summed E-state index contributed by atoms with van der Waals surface area (Å²) in [7, 11) is 0. The van der Waals surface area contributed by atoms with E-state index < -0.39 is 0 Å². The highest BCUT2D eigenvalue weighted by Gasteiger charge is 2.16. The third kappa shape index (κ3) is 8.63. The quantitative estimate of drug-likeness (QED) is 0.220. The summed E-state index contributed by atoms with van der Waals surface area (Å²) >= 11 is 0. The predicted molar refractivity (Wildman–Crippen MR) is 121 cm³/mol. The molecule has 0 saturated heterocycles. The van der Waals surface area contributed by atoms with Crippen LogP contribution in [0.3, 0.4) is 0 Å². The highest BCUT2D eigenvalue weighted by atomic mass is 15.1. The molecule has 0 amide bonds. The van der Waals surface area contributed by atoms with Crippen LogP contribution in [0.2, 0.25) is 0 Å². The van der Waals surface area contributed by atoms with Gasteiger partial charge in [-0.1, -0.05) is 89.1 Å². The van der Waals surface area contributed by atoms with Gasteiger partial charge in [-0.25, -0.2) is 9.13 Å². The van der Waals surface area contributed by atoms with Crippen molar-refractivity contribution in [1.82, 2.24) is 4.57 Å². The van der Waals surface area contributed by atoms with E-state index in [0.717, 1.165) is 6.54 Å². The zero-order valence-electron chi connectivity index (χ0n) is 18.5. The third-order valence-corrected chi connectivity index (χ3v) is 5.80. The fraction of sp³-hybridized carbons (Fsp3) is 0.654. The Morgan fingerprint density at radius 2 is 1.39 bits per heavy atom. The van der Waals surface area contributed by atoms with E-state index in [1.807, 2.05) is 0 Å². The molecule has 1 heterocycles. The average molecular weight is 384 g/mol. The Hall–Kier alpha value is -1.57. The number of rotatable bonds is 16. The Bertz CT molecular complexity index is 615. The number of hydrogen-bond donors (Lipinski definition) is 0. The van der Waals surface area contributed by atoms with Gasteiger partial charge in [-0.05, 0) is 37.7 Å². The number of benzene rings is 1. The predicted octanol–water partition coefficient (Wildman–Crippen LogP) is 6.89. The van der Waals surface area contributed by atoms with Crippen molar-refractivity contribution in [2.24, 2.45) is 0 Å². The minimum atomic E-state index is 1.14. The monoisotopic (exact) mass is 383 g/mol. The van der Waals surface area contributed by atoms with Crippen LogP contribution in [0.5, 0.6) is 0 Å². The first kappa shape index (κ1) is 22.7. The Balaban J connectivity index is 1.85. The van der Waals surface area contributed by atoms with E-state index in [0.29, 0.717) is 0 Å². The summed E-state index contributed by atoms with van der Waals surface area (Å²) in [5.74, 6) is 1.55. The van der Waals surface area contributed by atoms with E-state index in [1.54, 1.807) is 5.82 Å². The van der Waals surface area contributed by atoms with Gasteiger partial charge in [-0.3, -0.25) is 0 Å². The molecule has 0 fully saturated rings. The van der Waals surface area contributed by atoms with Crippen LogP contribution in [0, 0.1) is 0 Å². The molecule has 2 heteroatoms. The Labute approximate surface area is 174 Å². The molecule has 0 spiro atoms. The molecular formula is C26H43N2+. The maximum absolute atomic E-state index is 2.55. The van der Waals surface area contributed by atoms with Crippen molar-refractivity contribution in [1.29, 1.82) is 0 Å². The summed E-state index contributed by atoms with van der Waals surface area (Å²) in [4.78, 5) is 0. The van der Waals surface area contributed by atoms with Gasteiger partial charge in [-0.15, -0.1) is 0 Å². The van der Waals surface area contributed by atoms with Gasteiger partial charge in [0.05, 0.1) is 13.1 Å². The lowest BCUT2D eigenvalue weighted by Crippen LogP contribution is -2.37. The Kier molecular flexibility index (Phi) is 11.7. The topological polar surface area (TPSA) is 8.81 Å². The van der Waals surface area contributed by atoms with Crippen LogP contribution < -0.4 is 4.57 Å². The molecule has 156 valence electrons. The van der Waals surface area contributed by atoms with Crippen LogP contribution >= 0.6 is 0 Å². The fourth-order valence-corrected chi connectivity index (χ4v) is 4.06. The summed E-state index contributed by atoms with van der Waals surface area (Å²) in [5, 5.41) is 0. The van der Waals surface area contributed by atoms with Gasteiger partial charge in [0.1, 0.15) is 12.4 Å². The summed E-state index contributed by atoms with van der Waals surface area (Å²) in [6.45, 7) is 6.93. The largest absolute Gasteiger partial charge is 0.256 e. The number of imidazole rings is 1. The van der Waals surface area contributed by atoms with Crippen molar-refractivity contribution < 1.29 is 4.57 Å². The molecule has 1 aromatic carbocycles. The van der Waals surface area contributed by atoms with Gasteiger partial charge in [-0.2, -0.15) is 0 Å². The normalized spacial score (nSPS) is 11.2. The Morgan fingerprint density at radius 1 is 0.714 bits per heavy atom. The van der Waals surface area contributed by atoms with Gasteiger partial charge in [0.15, 0.2) is 0 Å². The molecule has 1 aromatic heterocycles. The SMILES string of the molecule is CCCCCCCCn1cc[n+](CCCc2ccccc2)c1CCCCCC. The standard InChI is InChI=1S/C26H43N2/c1-3-5-7-9-10-15-21-27-23-24-28(26(27)20-14-8-6-4-2)22-16-19-25-17-12-11-13-18-25/h11-13,17-18,23-24H,3-10,14-16,19-22H2,1-2H3/q+1. The van der Waals surface area contributed by atoms with Crippen molar-refractivity contribution in [3.63, 3.8) is 0 Å². The summed E-state index contributed by atoms with van der Waals surface area (Å²) in [6, 6.07) is 10.9. The molecule has 0 unspecified atom stereocenters. The highest BCUT2D eigenvalue weighted by molar-refractivity contribution is 5.14. The van der Waals surface area contributed by atoms with Gasteiger partial charge in [0.2, 0.25) is 0 Å². The van der Waals surface area contributed by atoms with E-state index >= 15 is 0 Å². The fourth-order valence-electron chi connectivity index (χ4n) is 4.06. The van der Waals surface area contributed by atoms with E-state index in [2.05, 4.69) is 65.7 Å². The highest BCUT2D eigenvalue weighted by Crippen LogP contribution is 2.10. The van der Waals surface area contributed by atoms with Gasteiger partial charge in [0.25, 0.3) is 5.82 Å². The van der Waals surface area contributed by atoms with Crippen LogP contribution in [0.25, 0.3) is 0 Å². The lowest BCUT2D eigenvalue weighted by atomic mass is 10.1.